The molecule has 0 saturated heterocycles. The Bertz CT molecular complexity index is 974. The van der Waals surface area contributed by atoms with Gasteiger partial charge in [-0.2, -0.15) is 0 Å². The van der Waals surface area contributed by atoms with Crippen molar-refractivity contribution < 1.29 is 9.66 Å². The Kier molecular flexibility index (Phi) is 5.69. The van der Waals surface area contributed by atoms with Crippen LogP contribution in [0, 0.1) is 10.1 Å². The second-order valence-electron chi connectivity index (χ2n) is 6.44. The Hall–Kier alpha value is -3.68. The fraction of sp³-hybridized carbons (Fsp3) is 0.200. The van der Waals surface area contributed by atoms with Gasteiger partial charge in [0.2, 0.25) is 11.6 Å². The van der Waals surface area contributed by atoms with Crippen molar-refractivity contribution in [1.29, 1.82) is 0 Å². The Morgan fingerprint density at radius 1 is 1.00 bits per heavy atom. The summed E-state index contributed by atoms with van der Waals surface area (Å²) in [7, 11) is 1.55. The van der Waals surface area contributed by atoms with Gasteiger partial charge in [0.05, 0.1) is 12.0 Å². The van der Waals surface area contributed by atoms with Crippen LogP contribution in [0.1, 0.15) is 25.3 Å². The molecule has 8 heteroatoms. The molecule has 8 nitrogen and oxygen atoms in total. The lowest BCUT2D eigenvalue weighted by Gasteiger charge is -2.11. The lowest BCUT2D eigenvalue weighted by molar-refractivity contribution is -0.383. The Morgan fingerprint density at radius 2 is 1.64 bits per heavy atom. The van der Waals surface area contributed by atoms with Crippen molar-refractivity contribution in [3.63, 3.8) is 0 Å². The van der Waals surface area contributed by atoms with Gasteiger partial charge in [-0.1, -0.05) is 32.0 Å². The van der Waals surface area contributed by atoms with Gasteiger partial charge in [-0.3, -0.25) is 10.1 Å². The zero-order chi connectivity index (χ0) is 20.1. The van der Waals surface area contributed by atoms with Crippen LogP contribution in [0.15, 0.2) is 54.9 Å². The Labute approximate surface area is 162 Å². The Morgan fingerprint density at radius 3 is 2.21 bits per heavy atom. The molecular weight excluding hydrogens is 358 g/mol. The highest BCUT2D eigenvalue weighted by Crippen LogP contribution is 2.33. The first kappa shape index (κ1) is 19.1. The van der Waals surface area contributed by atoms with Gasteiger partial charge in [-0.15, -0.1) is 0 Å². The molecule has 3 aromatic rings. The average molecular weight is 379 g/mol. The van der Waals surface area contributed by atoms with Crippen LogP contribution in [0.4, 0.5) is 28.7 Å². The molecule has 28 heavy (non-hydrogen) atoms. The maximum absolute atomic E-state index is 11.7. The minimum absolute atomic E-state index is 0.0922. The summed E-state index contributed by atoms with van der Waals surface area (Å²) >= 11 is 0. The van der Waals surface area contributed by atoms with Crippen LogP contribution in [0.2, 0.25) is 0 Å². The molecule has 0 atom stereocenters. The summed E-state index contributed by atoms with van der Waals surface area (Å²) in [6, 6.07) is 14.8. The molecule has 2 N–H and O–H groups in total. The molecule has 0 aliphatic rings. The largest absolute Gasteiger partial charge is 0.497 e. The second-order valence-corrected chi connectivity index (χ2v) is 6.44. The van der Waals surface area contributed by atoms with Gasteiger partial charge in [-0.25, -0.2) is 9.97 Å². The predicted molar refractivity (Wildman–Crippen MR) is 109 cm³/mol. The fourth-order valence-corrected chi connectivity index (χ4v) is 2.66. The van der Waals surface area contributed by atoms with E-state index in [1.54, 1.807) is 31.4 Å². The van der Waals surface area contributed by atoms with Crippen LogP contribution in [-0.2, 0) is 0 Å². The summed E-state index contributed by atoms with van der Waals surface area (Å²) in [6.45, 7) is 4.21. The number of hydrogen-bond acceptors (Lipinski definition) is 7. The molecule has 1 aromatic heterocycles. The SMILES string of the molecule is COc1cccc(Nc2ncnc(Nc3ccc(C(C)C)cc3)c2[N+](=O)[O-])c1. The van der Waals surface area contributed by atoms with E-state index in [2.05, 4.69) is 34.4 Å². The monoisotopic (exact) mass is 379 g/mol. The first-order chi connectivity index (χ1) is 13.5. The van der Waals surface area contributed by atoms with Gasteiger partial charge < -0.3 is 15.4 Å². The van der Waals surface area contributed by atoms with Crippen LogP contribution in [0.5, 0.6) is 5.75 Å². The fourth-order valence-electron chi connectivity index (χ4n) is 2.66. The second kappa shape index (κ2) is 8.34. The van der Waals surface area contributed by atoms with Crippen LogP contribution < -0.4 is 15.4 Å². The van der Waals surface area contributed by atoms with Crippen molar-refractivity contribution in [3.05, 3.63) is 70.5 Å². The minimum Gasteiger partial charge on any atom is -0.497 e. The van der Waals surface area contributed by atoms with Gasteiger partial charge >= 0.3 is 5.69 Å². The molecule has 3 rings (SSSR count). The number of ether oxygens (including phenoxy) is 1. The maximum atomic E-state index is 11.7. The molecular formula is C20H21N5O3. The number of aromatic nitrogens is 2. The summed E-state index contributed by atoms with van der Waals surface area (Å²) in [4.78, 5) is 19.3. The molecule has 144 valence electrons. The number of hydrogen-bond donors (Lipinski definition) is 2. The molecule has 0 bridgehead atoms. The number of methoxy groups -OCH3 is 1. The van der Waals surface area contributed by atoms with E-state index in [1.807, 2.05) is 24.3 Å². The molecule has 0 amide bonds. The number of nitro groups is 1. The summed E-state index contributed by atoms with van der Waals surface area (Å²) in [5.74, 6) is 1.24. The van der Waals surface area contributed by atoms with Crippen molar-refractivity contribution in [3.8, 4) is 5.75 Å². The average Bonchev–Trinajstić information content (AvgIpc) is 2.68. The molecule has 0 unspecified atom stereocenters. The highest BCUT2D eigenvalue weighted by atomic mass is 16.6. The van der Waals surface area contributed by atoms with Gasteiger partial charge in [0.1, 0.15) is 12.1 Å². The van der Waals surface area contributed by atoms with Crippen molar-refractivity contribution in [1.82, 2.24) is 9.97 Å². The smallest absolute Gasteiger partial charge is 0.353 e. The zero-order valence-corrected chi connectivity index (χ0v) is 15.8. The third kappa shape index (κ3) is 4.35. The predicted octanol–water partition coefficient (Wildman–Crippen LogP) is 5.00. The summed E-state index contributed by atoms with van der Waals surface area (Å²) in [6.07, 6.45) is 1.28. The lowest BCUT2D eigenvalue weighted by atomic mass is 10.0. The van der Waals surface area contributed by atoms with Crippen molar-refractivity contribution in [2.45, 2.75) is 19.8 Å². The quantitative estimate of drug-likeness (QED) is 0.440. The van der Waals surface area contributed by atoms with Crippen LogP contribution >= 0.6 is 0 Å². The summed E-state index contributed by atoms with van der Waals surface area (Å²) in [5.41, 5.74) is 2.27. The topological polar surface area (TPSA) is 102 Å². The van der Waals surface area contributed by atoms with E-state index in [-0.39, 0.29) is 17.3 Å². The van der Waals surface area contributed by atoms with E-state index in [4.69, 9.17) is 4.74 Å². The van der Waals surface area contributed by atoms with E-state index in [0.717, 1.165) is 0 Å². The lowest BCUT2D eigenvalue weighted by Crippen LogP contribution is -2.05. The molecule has 0 aliphatic heterocycles. The molecule has 0 radical (unpaired) electrons. The maximum Gasteiger partial charge on any atom is 0.353 e. The molecule has 1 heterocycles. The third-order valence-electron chi connectivity index (χ3n) is 4.18. The number of nitrogens with zero attached hydrogens (tertiary/aromatic N) is 3. The van der Waals surface area contributed by atoms with Gasteiger partial charge in [0.15, 0.2) is 0 Å². The van der Waals surface area contributed by atoms with Crippen LogP contribution in [-0.4, -0.2) is 22.0 Å². The molecule has 0 spiro atoms. The van der Waals surface area contributed by atoms with Gasteiger partial charge in [-0.05, 0) is 35.7 Å². The molecule has 0 aliphatic carbocycles. The van der Waals surface area contributed by atoms with E-state index >= 15 is 0 Å². The van der Waals surface area contributed by atoms with Gasteiger partial charge in [0, 0.05) is 17.4 Å². The zero-order valence-electron chi connectivity index (χ0n) is 15.8. The highest BCUT2D eigenvalue weighted by Gasteiger charge is 2.23. The highest BCUT2D eigenvalue weighted by molar-refractivity contribution is 5.77. The number of rotatable bonds is 7. The molecule has 0 fully saturated rings. The molecule has 2 aromatic carbocycles. The van der Waals surface area contributed by atoms with Crippen molar-refractivity contribution in [2.75, 3.05) is 17.7 Å². The van der Waals surface area contributed by atoms with E-state index < -0.39 is 4.92 Å². The summed E-state index contributed by atoms with van der Waals surface area (Å²) < 4.78 is 5.18. The number of anilines is 4. The van der Waals surface area contributed by atoms with E-state index in [9.17, 15) is 10.1 Å². The third-order valence-corrected chi connectivity index (χ3v) is 4.18. The summed E-state index contributed by atoms with van der Waals surface area (Å²) in [5, 5.41) is 17.7. The van der Waals surface area contributed by atoms with Crippen molar-refractivity contribution in [2.24, 2.45) is 0 Å². The number of nitrogens with one attached hydrogen (secondary N) is 2. The van der Waals surface area contributed by atoms with Crippen LogP contribution in [0.25, 0.3) is 0 Å². The first-order valence-electron chi connectivity index (χ1n) is 8.75. The minimum atomic E-state index is -0.507. The van der Waals surface area contributed by atoms with Gasteiger partial charge in [0.25, 0.3) is 0 Å². The van der Waals surface area contributed by atoms with E-state index in [1.165, 1.54) is 11.9 Å². The number of benzene rings is 2. The molecule has 0 saturated carbocycles. The Balaban J connectivity index is 1.91. The first-order valence-corrected chi connectivity index (χ1v) is 8.75. The van der Waals surface area contributed by atoms with E-state index in [0.29, 0.717) is 23.0 Å². The van der Waals surface area contributed by atoms with Crippen LogP contribution in [0.3, 0.4) is 0 Å². The van der Waals surface area contributed by atoms with Crippen molar-refractivity contribution >= 4 is 28.7 Å². The standard InChI is InChI=1S/C20H21N5O3/c1-13(2)14-7-9-15(10-8-14)23-19-18(25(26)27)20(22-12-21-19)24-16-5-4-6-17(11-16)28-3/h4-13H,1-3H3,(H2,21,22,23,24). The normalized spacial score (nSPS) is 10.6.